The van der Waals surface area contributed by atoms with Crippen molar-refractivity contribution in [1.82, 2.24) is 15.1 Å². The Bertz CT molecular complexity index is 868. The van der Waals surface area contributed by atoms with Gasteiger partial charge in [0.2, 0.25) is 5.82 Å². The van der Waals surface area contributed by atoms with Crippen molar-refractivity contribution in [2.45, 2.75) is 13.8 Å². The standard InChI is InChI=1S/C16H12N4OS/c1-10-3-5-12(6-4-10)15-19-16(21-20-15)13(8-17)7-14-9-22-11(2)18-14/h3-7,9H,1-2H3/b13-7+. The summed E-state index contributed by atoms with van der Waals surface area (Å²) in [6.07, 6.45) is 1.65. The first-order valence-electron chi connectivity index (χ1n) is 6.61. The van der Waals surface area contributed by atoms with E-state index in [1.54, 1.807) is 6.08 Å². The van der Waals surface area contributed by atoms with Gasteiger partial charge in [-0.25, -0.2) is 4.98 Å². The summed E-state index contributed by atoms with van der Waals surface area (Å²) in [4.78, 5) is 8.59. The summed E-state index contributed by atoms with van der Waals surface area (Å²) in [5.74, 6) is 0.661. The van der Waals surface area contributed by atoms with Gasteiger partial charge in [-0.1, -0.05) is 35.0 Å². The predicted octanol–water partition coefficient (Wildman–Crippen LogP) is 3.87. The highest BCUT2D eigenvalue weighted by atomic mass is 32.1. The van der Waals surface area contributed by atoms with Crippen LogP contribution in [0.2, 0.25) is 0 Å². The minimum Gasteiger partial charge on any atom is -0.333 e. The van der Waals surface area contributed by atoms with Crippen molar-refractivity contribution in [3.63, 3.8) is 0 Å². The number of allylic oxidation sites excluding steroid dienone is 1. The van der Waals surface area contributed by atoms with E-state index in [-0.39, 0.29) is 5.89 Å². The summed E-state index contributed by atoms with van der Waals surface area (Å²) in [7, 11) is 0. The smallest absolute Gasteiger partial charge is 0.268 e. The molecule has 3 rings (SSSR count). The molecule has 0 saturated heterocycles. The monoisotopic (exact) mass is 308 g/mol. The maximum absolute atomic E-state index is 9.29. The van der Waals surface area contributed by atoms with Crippen LogP contribution in [0.5, 0.6) is 0 Å². The lowest BCUT2D eigenvalue weighted by molar-refractivity contribution is 0.409. The predicted molar refractivity (Wildman–Crippen MR) is 84.8 cm³/mol. The van der Waals surface area contributed by atoms with Gasteiger partial charge in [0, 0.05) is 10.9 Å². The summed E-state index contributed by atoms with van der Waals surface area (Å²) in [6, 6.07) is 9.87. The highest BCUT2D eigenvalue weighted by molar-refractivity contribution is 7.09. The Morgan fingerprint density at radius 3 is 2.64 bits per heavy atom. The van der Waals surface area contributed by atoms with Crippen LogP contribution in [0.3, 0.4) is 0 Å². The van der Waals surface area contributed by atoms with E-state index in [1.807, 2.05) is 43.5 Å². The molecule has 0 unspecified atom stereocenters. The Morgan fingerprint density at radius 1 is 1.23 bits per heavy atom. The zero-order valence-corrected chi connectivity index (χ0v) is 12.9. The normalized spacial score (nSPS) is 11.4. The fourth-order valence-electron chi connectivity index (χ4n) is 1.89. The Morgan fingerprint density at radius 2 is 2.00 bits per heavy atom. The van der Waals surface area contributed by atoms with E-state index in [0.717, 1.165) is 16.1 Å². The number of aromatic nitrogens is 3. The number of benzene rings is 1. The van der Waals surface area contributed by atoms with Gasteiger partial charge in [-0.3, -0.25) is 0 Å². The molecule has 0 aliphatic rings. The molecule has 0 radical (unpaired) electrons. The number of rotatable bonds is 3. The molecule has 2 heterocycles. The molecule has 0 amide bonds. The van der Waals surface area contributed by atoms with Gasteiger partial charge in [0.25, 0.3) is 5.89 Å². The number of hydrogen-bond donors (Lipinski definition) is 0. The second-order valence-corrected chi connectivity index (χ2v) is 5.81. The van der Waals surface area contributed by atoms with Crippen molar-refractivity contribution in [2.24, 2.45) is 0 Å². The average molecular weight is 308 g/mol. The van der Waals surface area contributed by atoms with Crippen LogP contribution >= 0.6 is 11.3 Å². The van der Waals surface area contributed by atoms with Gasteiger partial charge in [-0.15, -0.1) is 11.3 Å². The van der Waals surface area contributed by atoms with Crippen LogP contribution in [0.25, 0.3) is 23.0 Å². The molecular weight excluding hydrogens is 296 g/mol. The van der Waals surface area contributed by atoms with Crippen LogP contribution in [-0.4, -0.2) is 15.1 Å². The Labute approximate surface area is 131 Å². The third kappa shape index (κ3) is 2.95. The minimum absolute atomic E-state index is 0.198. The highest BCUT2D eigenvalue weighted by Gasteiger charge is 2.13. The SMILES string of the molecule is Cc1ccc(-c2noc(/C(C#N)=C/c3csc(C)n3)n2)cc1. The molecule has 0 aliphatic carbocycles. The largest absolute Gasteiger partial charge is 0.333 e. The number of nitrogens with zero attached hydrogens (tertiary/aromatic N) is 4. The van der Waals surface area contributed by atoms with Gasteiger partial charge in [-0.05, 0) is 19.9 Å². The molecule has 6 heteroatoms. The first-order chi connectivity index (χ1) is 10.7. The van der Waals surface area contributed by atoms with E-state index in [1.165, 1.54) is 11.3 Å². The van der Waals surface area contributed by atoms with Gasteiger partial charge in [0.15, 0.2) is 0 Å². The molecule has 0 aliphatic heterocycles. The first kappa shape index (κ1) is 14.2. The number of nitriles is 1. The molecule has 0 atom stereocenters. The fraction of sp³-hybridized carbons (Fsp3) is 0.125. The molecule has 0 saturated carbocycles. The average Bonchev–Trinajstić information content (AvgIpc) is 3.15. The van der Waals surface area contributed by atoms with Gasteiger partial charge in [-0.2, -0.15) is 10.2 Å². The van der Waals surface area contributed by atoms with Gasteiger partial charge < -0.3 is 4.52 Å². The maximum Gasteiger partial charge on any atom is 0.268 e. The zero-order valence-electron chi connectivity index (χ0n) is 12.1. The molecule has 0 spiro atoms. The van der Waals surface area contributed by atoms with Crippen molar-refractivity contribution >= 4 is 23.0 Å². The van der Waals surface area contributed by atoms with E-state index < -0.39 is 0 Å². The summed E-state index contributed by atoms with van der Waals surface area (Å²) < 4.78 is 5.21. The van der Waals surface area contributed by atoms with Gasteiger partial charge in [0.05, 0.1) is 10.7 Å². The first-order valence-corrected chi connectivity index (χ1v) is 7.49. The fourth-order valence-corrected chi connectivity index (χ4v) is 2.46. The van der Waals surface area contributed by atoms with Crippen molar-refractivity contribution in [3.05, 3.63) is 51.8 Å². The van der Waals surface area contributed by atoms with Crippen molar-refractivity contribution in [3.8, 4) is 17.5 Å². The van der Waals surface area contributed by atoms with Crippen LogP contribution in [0.1, 0.15) is 22.2 Å². The minimum atomic E-state index is 0.198. The number of aryl methyl sites for hydroxylation is 2. The molecular formula is C16H12N4OS. The molecule has 3 aromatic rings. The molecule has 0 fully saturated rings. The number of thiazole rings is 1. The second kappa shape index (κ2) is 5.92. The van der Waals surface area contributed by atoms with Crippen LogP contribution < -0.4 is 0 Å². The molecule has 1 aromatic carbocycles. The van der Waals surface area contributed by atoms with Crippen molar-refractivity contribution in [1.29, 1.82) is 5.26 Å². The van der Waals surface area contributed by atoms with E-state index in [2.05, 4.69) is 21.2 Å². The van der Waals surface area contributed by atoms with E-state index >= 15 is 0 Å². The third-order valence-corrected chi connectivity index (χ3v) is 3.81. The zero-order chi connectivity index (χ0) is 15.5. The summed E-state index contributed by atoms with van der Waals surface area (Å²) >= 11 is 1.52. The van der Waals surface area contributed by atoms with Crippen molar-refractivity contribution < 1.29 is 4.52 Å². The van der Waals surface area contributed by atoms with Gasteiger partial charge >= 0.3 is 0 Å². The Kier molecular flexibility index (Phi) is 3.81. The van der Waals surface area contributed by atoms with Crippen molar-refractivity contribution in [2.75, 3.05) is 0 Å². The van der Waals surface area contributed by atoms with Gasteiger partial charge in [0.1, 0.15) is 11.6 Å². The maximum atomic E-state index is 9.29. The lowest BCUT2D eigenvalue weighted by Gasteiger charge is -1.94. The highest BCUT2D eigenvalue weighted by Crippen LogP contribution is 2.21. The van der Waals surface area contributed by atoms with E-state index in [4.69, 9.17) is 4.52 Å². The van der Waals surface area contributed by atoms with E-state index in [0.29, 0.717) is 17.1 Å². The van der Waals surface area contributed by atoms with E-state index in [9.17, 15) is 5.26 Å². The number of hydrogen-bond acceptors (Lipinski definition) is 6. The molecule has 2 aromatic heterocycles. The third-order valence-electron chi connectivity index (χ3n) is 3.02. The molecule has 22 heavy (non-hydrogen) atoms. The lowest BCUT2D eigenvalue weighted by Crippen LogP contribution is -1.84. The molecule has 5 nitrogen and oxygen atoms in total. The van der Waals surface area contributed by atoms with Crippen LogP contribution in [0.15, 0.2) is 34.2 Å². The summed E-state index contributed by atoms with van der Waals surface area (Å²) in [5.41, 5.74) is 3.02. The quantitative estimate of drug-likeness (QED) is 0.686. The molecule has 108 valence electrons. The summed E-state index contributed by atoms with van der Waals surface area (Å²) in [5, 5.41) is 16.0. The molecule has 0 bridgehead atoms. The Balaban J connectivity index is 1.93. The summed E-state index contributed by atoms with van der Waals surface area (Å²) in [6.45, 7) is 3.92. The topological polar surface area (TPSA) is 75.6 Å². The van der Waals surface area contributed by atoms with Crippen LogP contribution in [0, 0.1) is 25.2 Å². The Hall–Kier alpha value is -2.78. The molecule has 0 N–H and O–H groups in total. The lowest BCUT2D eigenvalue weighted by atomic mass is 10.1. The van der Waals surface area contributed by atoms with Crippen LogP contribution in [-0.2, 0) is 0 Å². The van der Waals surface area contributed by atoms with Crippen LogP contribution in [0.4, 0.5) is 0 Å². The second-order valence-electron chi connectivity index (χ2n) is 4.75.